The molecule has 3 nitrogen and oxygen atoms in total. The standard InChI is InChI=1S/C18H30O3/c1-4-7-10-13-16-14(11-8-5-2)17(19)15(12-9-6-3)18(20)21-16/h19H,4-13H2,1-3H3. The van der Waals surface area contributed by atoms with Crippen LogP contribution in [0.2, 0.25) is 0 Å². The van der Waals surface area contributed by atoms with Gasteiger partial charge in [0.05, 0.1) is 5.56 Å². The molecular formula is C18H30O3. The molecule has 0 spiro atoms. The summed E-state index contributed by atoms with van der Waals surface area (Å²) in [5.41, 5.74) is 1.01. The van der Waals surface area contributed by atoms with Crippen LogP contribution in [0.5, 0.6) is 5.75 Å². The topological polar surface area (TPSA) is 50.4 Å². The van der Waals surface area contributed by atoms with Crippen LogP contribution in [0.3, 0.4) is 0 Å². The zero-order valence-corrected chi connectivity index (χ0v) is 13.8. The third-order valence-electron chi connectivity index (χ3n) is 3.94. The summed E-state index contributed by atoms with van der Waals surface area (Å²) in [5.74, 6) is 0.916. The van der Waals surface area contributed by atoms with E-state index in [1.807, 2.05) is 0 Å². The minimum absolute atomic E-state index is 0.208. The van der Waals surface area contributed by atoms with Crippen LogP contribution in [-0.2, 0) is 19.3 Å². The van der Waals surface area contributed by atoms with Crippen molar-refractivity contribution in [2.45, 2.75) is 85.0 Å². The van der Waals surface area contributed by atoms with Crippen molar-refractivity contribution in [1.82, 2.24) is 0 Å². The maximum absolute atomic E-state index is 12.1. The van der Waals surface area contributed by atoms with Gasteiger partial charge >= 0.3 is 5.63 Å². The normalized spacial score (nSPS) is 11.0. The lowest BCUT2D eigenvalue weighted by Crippen LogP contribution is -2.13. The van der Waals surface area contributed by atoms with Crippen molar-refractivity contribution in [2.75, 3.05) is 0 Å². The van der Waals surface area contributed by atoms with Gasteiger partial charge in [-0.15, -0.1) is 0 Å². The molecule has 0 radical (unpaired) electrons. The summed E-state index contributed by atoms with van der Waals surface area (Å²) in [6.07, 6.45) is 9.40. The van der Waals surface area contributed by atoms with Gasteiger partial charge < -0.3 is 9.52 Å². The van der Waals surface area contributed by atoms with Crippen LogP contribution in [0.4, 0.5) is 0 Å². The number of rotatable bonds is 10. The molecule has 1 N–H and O–H groups in total. The first-order valence-corrected chi connectivity index (χ1v) is 8.52. The Balaban J connectivity index is 3.07. The Kier molecular flexibility index (Phi) is 8.17. The molecule has 0 aliphatic heterocycles. The van der Waals surface area contributed by atoms with E-state index < -0.39 is 0 Å². The fourth-order valence-corrected chi connectivity index (χ4v) is 2.57. The van der Waals surface area contributed by atoms with Crippen LogP contribution in [0.15, 0.2) is 9.21 Å². The maximum Gasteiger partial charge on any atom is 0.342 e. The SMILES string of the molecule is CCCCCc1oc(=O)c(CCCC)c(O)c1CCCC. The number of unbranched alkanes of at least 4 members (excludes halogenated alkanes) is 4. The van der Waals surface area contributed by atoms with Crippen LogP contribution < -0.4 is 5.63 Å². The van der Waals surface area contributed by atoms with Crippen molar-refractivity contribution in [3.05, 3.63) is 27.3 Å². The van der Waals surface area contributed by atoms with Crippen LogP contribution in [0.1, 0.15) is 82.6 Å². The number of aromatic hydroxyl groups is 1. The summed E-state index contributed by atoms with van der Waals surface area (Å²) in [5, 5.41) is 10.5. The molecule has 1 heterocycles. The molecule has 0 aliphatic carbocycles. The zero-order valence-electron chi connectivity index (χ0n) is 13.8. The highest BCUT2D eigenvalue weighted by Crippen LogP contribution is 2.27. The fourth-order valence-electron chi connectivity index (χ4n) is 2.57. The summed E-state index contributed by atoms with van der Waals surface area (Å²) < 4.78 is 5.55. The zero-order chi connectivity index (χ0) is 15.7. The van der Waals surface area contributed by atoms with E-state index in [1.54, 1.807) is 0 Å². The van der Waals surface area contributed by atoms with Gasteiger partial charge in [-0.25, -0.2) is 4.79 Å². The summed E-state index contributed by atoms with van der Waals surface area (Å²) in [4.78, 5) is 12.1. The quantitative estimate of drug-likeness (QED) is 0.633. The minimum atomic E-state index is -0.340. The number of hydrogen-bond acceptors (Lipinski definition) is 3. The first kappa shape index (κ1) is 17.8. The van der Waals surface area contributed by atoms with Crippen molar-refractivity contribution in [1.29, 1.82) is 0 Å². The molecule has 0 fully saturated rings. The van der Waals surface area contributed by atoms with Gasteiger partial charge in [0.1, 0.15) is 11.5 Å². The lowest BCUT2D eigenvalue weighted by Gasteiger charge is -2.13. The second-order valence-electron chi connectivity index (χ2n) is 5.78. The lowest BCUT2D eigenvalue weighted by molar-refractivity contribution is 0.394. The van der Waals surface area contributed by atoms with E-state index >= 15 is 0 Å². The molecule has 0 bridgehead atoms. The first-order valence-electron chi connectivity index (χ1n) is 8.52. The average Bonchev–Trinajstić information content (AvgIpc) is 2.47. The highest BCUT2D eigenvalue weighted by atomic mass is 16.4. The third kappa shape index (κ3) is 5.22. The van der Waals surface area contributed by atoms with E-state index in [0.29, 0.717) is 17.7 Å². The summed E-state index contributed by atoms with van der Waals surface area (Å²) in [6.45, 7) is 6.36. The Labute approximate surface area is 128 Å². The van der Waals surface area contributed by atoms with Crippen LogP contribution in [-0.4, -0.2) is 5.11 Å². The van der Waals surface area contributed by atoms with Crippen molar-refractivity contribution in [2.24, 2.45) is 0 Å². The van der Waals surface area contributed by atoms with Gasteiger partial charge in [-0.2, -0.15) is 0 Å². The van der Waals surface area contributed by atoms with Gasteiger partial charge in [-0.3, -0.25) is 0 Å². The summed E-state index contributed by atoms with van der Waals surface area (Å²) in [7, 11) is 0. The Hall–Kier alpha value is -1.25. The molecule has 0 amide bonds. The molecule has 0 atom stereocenters. The van der Waals surface area contributed by atoms with E-state index in [9.17, 15) is 9.90 Å². The predicted octanol–water partition coefficient (Wildman–Crippen LogP) is 4.76. The average molecular weight is 294 g/mol. The Morgan fingerprint density at radius 3 is 1.95 bits per heavy atom. The monoisotopic (exact) mass is 294 g/mol. The van der Waals surface area contributed by atoms with Crippen LogP contribution in [0, 0.1) is 0 Å². The van der Waals surface area contributed by atoms with E-state index in [4.69, 9.17) is 4.42 Å². The Morgan fingerprint density at radius 1 is 0.810 bits per heavy atom. The molecule has 0 saturated carbocycles. The molecule has 0 unspecified atom stereocenters. The smallest absolute Gasteiger partial charge is 0.342 e. The predicted molar refractivity (Wildman–Crippen MR) is 87.1 cm³/mol. The third-order valence-corrected chi connectivity index (χ3v) is 3.94. The molecular weight excluding hydrogens is 264 g/mol. The van der Waals surface area contributed by atoms with E-state index in [2.05, 4.69) is 20.8 Å². The number of hydrogen-bond donors (Lipinski definition) is 1. The molecule has 0 saturated heterocycles. The van der Waals surface area contributed by atoms with E-state index in [0.717, 1.165) is 63.4 Å². The fraction of sp³-hybridized carbons (Fsp3) is 0.722. The lowest BCUT2D eigenvalue weighted by atomic mass is 9.99. The second kappa shape index (κ2) is 9.64. The van der Waals surface area contributed by atoms with Gasteiger partial charge in [0.2, 0.25) is 0 Å². The van der Waals surface area contributed by atoms with Gasteiger partial charge in [0, 0.05) is 12.0 Å². The number of aryl methyl sites for hydroxylation is 1. The molecule has 0 aliphatic rings. The largest absolute Gasteiger partial charge is 0.507 e. The van der Waals surface area contributed by atoms with Crippen molar-refractivity contribution < 1.29 is 9.52 Å². The molecule has 1 aromatic heterocycles. The Bertz CT molecular complexity index is 474. The molecule has 3 heteroatoms. The second-order valence-corrected chi connectivity index (χ2v) is 5.78. The molecule has 1 rings (SSSR count). The maximum atomic E-state index is 12.1. The van der Waals surface area contributed by atoms with Crippen LogP contribution >= 0.6 is 0 Å². The molecule has 0 aromatic carbocycles. The summed E-state index contributed by atoms with van der Waals surface area (Å²) in [6, 6.07) is 0. The van der Waals surface area contributed by atoms with Gasteiger partial charge in [-0.1, -0.05) is 46.5 Å². The van der Waals surface area contributed by atoms with Crippen molar-refractivity contribution in [3.8, 4) is 5.75 Å². The molecule has 21 heavy (non-hydrogen) atoms. The van der Waals surface area contributed by atoms with Gasteiger partial charge in [0.25, 0.3) is 0 Å². The molecule has 120 valence electrons. The van der Waals surface area contributed by atoms with E-state index in [-0.39, 0.29) is 11.4 Å². The summed E-state index contributed by atoms with van der Waals surface area (Å²) >= 11 is 0. The minimum Gasteiger partial charge on any atom is -0.507 e. The highest BCUT2D eigenvalue weighted by molar-refractivity contribution is 5.40. The van der Waals surface area contributed by atoms with Gasteiger partial charge in [-0.05, 0) is 32.1 Å². The van der Waals surface area contributed by atoms with E-state index in [1.165, 1.54) is 0 Å². The van der Waals surface area contributed by atoms with Crippen molar-refractivity contribution in [3.63, 3.8) is 0 Å². The van der Waals surface area contributed by atoms with Gasteiger partial charge in [0.15, 0.2) is 0 Å². The first-order chi connectivity index (χ1) is 10.2. The highest BCUT2D eigenvalue weighted by Gasteiger charge is 2.18. The Morgan fingerprint density at radius 2 is 1.38 bits per heavy atom. The molecule has 1 aromatic rings. The van der Waals surface area contributed by atoms with Crippen molar-refractivity contribution >= 4 is 0 Å². The van der Waals surface area contributed by atoms with Crippen LogP contribution in [0.25, 0.3) is 0 Å².